The van der Waals surface area contributed by atoms with Crippen molar-refractivity contribution in [2.45, 2.75) is 64.5 Å². The maximum Gasteiger partial charge on any atom is 0.407 e. The van der Waals surface area contributed by atoms with Gasteiger partial charge in [-0.15, -0.1) is 0 Å². The summed E-state index contributed by atoms with van der Waals surface area (Å²) >= 11 is 0. The van der Waals surface area contributed by atoms with Gasteiger partial charge in [-0.25, -0.2) is 4.79 Å². The van der Waals surface area contributed by atoms with Gasteiger partial charge in [0, 0.05) is 12.6 Å². The monoisotopic (exact) mass is 243 g/mol. The van der Waals surface area contributed by atoms with E-state index >= 15 is 0 Å². The molecule has 0 heterocycles. The highest BCUT2D eigenvalue weighted by Gasteiger charge is 2.27. The second-order valence-electron chi connectivity index (χ2n) is 5.81. The first-order valence-corrected chi connectivity index (χ1v) is 6.53. The first-order chi connectivity index (χ1) is 7.92. The van der Waals surface area contributed by atoms with Gasteiger partial charge in [0.2, 0.25) is 0 Å². The molecule has 1 amide bonds. The van der Waals surface area contributed by atoms with E-state index in [4.69, 9.17) is 9.84 Å². The Morgan fingerprint density at radius 3 is 2.47 bits per heavy atom. The third kappa shape index (κ3) is 5.39. The molecular formula is C13H25NO3. The van der Waals surface area contributed by atoms with Crippen molar-refractivity contribution in [1.82, 2.24) is 5.32 Å². The molecule has 0 radical (unpaired) electrons. The van der Waals surface area contributed by atoms with E-state index in [0.29, 0.717) is 12.3 Å². The molecule has 2 N–H and O–H groups in total. The number of nitrogens with one attached hydrogen (secondary N) is 1. The molecule has 1 unspecified atom stereocenters. The lowest BCUT2D eigenvalue weighted by molar-refractivity contribution is 0.0476. The standard InChI is InChI=1S/C13H25NO3/c1-13(2,3)17-12(16)14-11(8-9-15)10-6-4-5-7-10/h10-11,15H,4-9H2,1-3H3,(H,14,16). The fourth-order valence-electron chi connectivity index (χ4n) is 2.38. The van der Waals surface area contributed by atoms with Crippen molar-refractivity contribution in [3.05, 3.63) is 0 Å². The van der Waals surface area contributed by atoms with Crippen LogP contribution in [0.1, 0.15) is 52.9 Å². The number of hydrogen-bond donors (Lipinski definition) is 2. The maximum absolute atomic E-state index is 11.7. The Labute approximate surface area is 104 Å². The zero-order chi connectivity index (χ0) is 12.9. The van der Waals surface area contributed by atoms with Crippen LogP contribution in [0.15, 0.2) is 0 Å². The van der Waals surface area contributed by atoms with E-state index in [1.54, 1.807) is 0 Å². The smallest absolute Gasteiger partial charge is 0.407 e. The van der Waals surface area contributed by atoms with Crippen LogP contribution in [0.4, 0.5) is 4.79 Å². The molecule has 0 bridgehead atoms. The fraction of sp³-hybridized carbons (Fsp3) is 0.923. The molecule has 1 aliphatic carbocycles. The van der Waals surface area contributed by atoms with Crippen LogP contribution in [0.2, 0.25) is 0 Å². The van der Waals surface area contributed by atoms with Gasteiger partial charge in [-0.3, -0.25) is 0 Å². The Hall–Kier alpha value is -0.770. The van der Waals surface area contributed by atoms with Crippen LogP contribution in [0.3, 0.4) is 0 Å². The van der Waals surface area contributed by atoms with Gasteiger partial charge in [-0.1, -0.05) is 12.8 Å². The van der Waals surface area contributed by atoms with Crippen molar-refractivity contribution in [2.75, 3.05) is 6.61 Å². The van der Waals surface area contributed by atoms with E-state index in [1.165, 1.54) is 12.8 Å². The molecule has 0 aromatic carbocycles. The SMILES string of the molecule is CC(C)(C)OC(=O)NC(CCO)C1CCCC1. The Morgan fingerprint density at radius 1 is 1.41 bits per heavy atom. The van der Waals surface area contributed by atoms with Crippen molar-refractivity contribution in [1.29, 1.82) is 0 Å². The minimum Gasteiger partial charge on any atom is -0.444 e. The van der Waals surface area contributed by atoms with E-state index < -0.39 is 5.60 Å². The van der Waals surface area contributed by atoms with Gasteiger partial charge in [0.25, 0.3) is 0 Å². The average molecular weight is 243 g/mol. The second-order valence-corrected chi connectivity index (χ2v) is 5.81. The zero-order valence-electron chi connectivity index (χ0n) is 11.2. The van der Waals surface area contributed by atoms with Crippen molar-refractivity contribution >= 4 is 6.09 Å². The average Bonchev–Trinajstić information content (AvgIpc) is 2.66. The summed E-state index contributed by atoms with van der Waals surface area (Å²) in [5.41, 5.74) is -0.469. The van der Waals surface area contributed by atoms with Crippen molar-refractivity contribution in [3.8, 4) is 0 Å². The summed E-state index contributed by atoms with van der Waals surface area (Å²) in [6.07, 6.45) is 4.97. The highest BCUT2D eigenvalue weighted by molar-refractivity contribution is 5.68. The molecule has 4 heteroatoms. The van der Waals surface area contributed by atoms with E-state index in [0.717, 1.165) is 12.8 Å². The lowest BCUT2D eigenvalue weighted by Crippen LogP contribution is -2.43. The Kier molecular flexibility index (Phi) is 5.25. The molecule has 0 aromatic rings. The zero-order valence-corrected chi connectivity index (χ0v) is 11.2. The summed E-state index contributed by atoms with van der Waals surface area (Å²) in [6.45, 7) is 5.66. The minimum atomic E-state index is -0.469. The summed E-state index contributed by atoms with van der Waals surface area (Å²) in [4.78, 5) is 11.7. The van der Waals surface area contributed by atoms with Crippen LogP contribution in [0.25, 0.3) is 0 Å². The van der Waals surface area contributed by atoms with Gasteiger partial charge in [0.05, 0.1) is 0 Å². The molecule has 0 spiro atoms. The molecule has 4 nitrogen and oxygen atoms in total. The molecule has 100 valence electrons. The molecule has 0 aliphatic heterocycles. The molecule has 1 aliphatic rings. The highest BCUT2D eigenvalue weighted by Crippen LogP contribution is 2.29. The molecular weight excluding hydrogens is 218 g/mol. The number of carbonyl (C=O) groups is 1. The van der Waals surface area contributed by atoms with Crippen molar-refractivity contribution in [3.63, 3.8) is 0 Å². The number of alkyl carbamates (subject to hydrolysis) is 1. The Bertz CT molecular complexity index is 242. The van der Waals surface area contributed by atoms with Crippen LogP contribution in [0.5, 0.6) is 0 Å². The number of hydrogen-bond acceptors (Lipinski definition) is 3. The number of aliphatic hydroxyl groups is 1. The summed E-state index contributed by atoms with van der Waals surface area (Å²) in [5.74, 6) is 0.495. The second kappa shape index (κ2) is 6.24. The molecule has 1 atom stereocenters. The summed E-state index contributed by atoms with van der Waals surface area (Å²) in [6, 6.07) is 0.0531. The summed E-state index contributed by atoms with van der Waals surface area (Å²) in [7, 11) is 0. The van der Waals surface area contributed by atoms with Gasteiger partial charge < -0.3 is 15.2 Å². The highest BCUT2D eigenvalue weighted by atomic mass is 16.6. The summed E-state index contributed by atoms with van der Waals surface area (Å²) in [5, 5.41) is 11.9. The minimum absolute atomic E-state index is 0.0531. The van der Waals surface area contributed by atoms with Gasteiger partial charge in [0.15, 0.2) is 0 Å². The van der Waals surface area contributed by atoms with Crippen LogP contribution in [0, 0.1) is 5.92 Å². The molecule has 0 aromatic heterocycles. The van der Waals surface area contributed by atoms with Crippen LogP contribution < -0.4 is 5.32 Å². The predicted octanol–water partition coefficient (Wildman–Crippen LogP) is 2.45. The third-order valence-corrected chi connectivity index (χ3v) is 3.11. The predicted molar refractivity (Wildman–Crippen MR) is 66.8 cm³/mol. The van der Waals surface area contributed by atoms with E-state index in [2.05, 4.69) is 5.32 Å². The molecule has 17 heavy (non-hydrogen) atoms. The summed E-state index contributed by atoms with van der Waals surface area (Å²) < 4.78 is 5.24. The molecule has 0 saturated heterocycles. The van der Waals surface area contributed by atoms with Gasteiger partial charge in [0.1, 0.15) is 5.60 Å². The number of amides is 1. The number of rotatable bonds is 4. The van der Waals surface area contributed by atoms with Gasteiger partial charge in [-0.05, 0) is 46.0 Å². The van der Waals surface area contributed by atoms with Crippen LogP contribution in [-0.2, 0) is 4.74 Å². The molecule has 1 saturated carbocycles. The van der Waals surface area contributed by atoms with E-state index in [-0.39, 0.29) is 18.7 Å². The first kappa shape index (κ1) is 14.3. The van der Waals surface area contributed by atoms with Crippen LogP contribution >= 0.6 is 0 Å². The first-order valence-electron chi connectivity index (χ1n) is 6.53. The number of ether oxygens (including phenoxy) is 1. The van der Waals surface area contributed by atoms with E-state index in [1.807, 2.05) is 20.8 Å². The lowest BCUT2D eigenvalue weighted by Gasteiger charge is -2.26. The van der Waals surface area contributed by atoms with E-state index in [9.17, 15) is 4.79 Å². The number of carbonyl (C=O) groups excluding carboxylic acids is 1. The fourth-order valence-corrected chi connectivity index (χ4v) is 2.38. The van der Waals surface area contributed by atoms with Gasteiger partial charge >= 0.3 is 6.09 Å². The Morgan fingerprint density at radius 2 is 2.00 bits per heavy atom. The lowest BCUT2D eigenvalue weighted by atomic mass is 9.96. The van der Waals surface area contributed by atoms with Crippen LogP contribution in [-0.4, -0.2) is 29.4 Å². The molecule has 1 rings (SSSR count). The normalized spacial score (nSPS) is 19.1. The maximum atomic E-state index is 11.7. The largest absolute Gasteiger partial charge is 0.444 e. The van der Waals surface area contributed by atoms with Gasteiger partial charge in [-0.2, -0.15) is 0 Å². The topological polar surface area (TPSA) is 58.6 Å². The Balaban J connectivity index is 2.45. The third-order valence-electron chi connectivity index (χ3n) is 3.11. The quantitative estimate of drug-likeness (QED) is 0.797. The van der Waals surface area contributed by atoms with Crippen molar-refractivity contribution < 1.29 is 14.6 Å². The molecule has 1 fully saturated rings. The van der Waals surface area contributed by atoms with Crippen molar-refractivity contribution in [2.24, 2.45) is 5.92 Å². The number of aliphatic hydroxyl groups excluding tert-OH is 1.